The maximum atomic E-state index is 12.1. The molecule has 1 amide bonds. The van der Waals surface area contributed by atoms with Crippen LogP contribution in [0.25, 0.3) is 0 Å². The minimum absolute atomic E-state index is 0.0644. The molecular weight excluding hydrogens is 280 g/mol. The van der Waals surface area contributed by atoms with Gasteiger partial charge in [0.2, 0.25) is 5.91 Å². The van der Waals surface area contributed by atoms with Crippen LogP contribution in [0.3, 0.4) is 0 Å². The smallest absolute Gasteiger partial charge is 0.237 e. The van der Waals surface area contributed by atoms with Gasteiger partial charge in [0.05, 0.1) is 18.7 Å². The highest BCUT2D eigenvalue weighted by atomic mass is 16.3. The third-order valence-electron chi connectivity index (χ3n) is 3.89. The number of hydrogen-bond acceptors (Lipinski definition) is 4. The summed E-state index contributed by atoms with van der Waals surface area (Å²) in [6.45, 7) is 1.64. The summed E-state index contributed by atoms with van der Waals surface area (Å²) in [7, 11) is 0. The Morgan fingerprint density at radius 2 is 2.18 bits per heavy atom. The standard InChI is InChI=1S/C16H20N4O2/c21-14-8-15(17-10-14)16(22)18-9-12-4-1-2-5-13(12)11-20-7-3-6-19-20/h1-7,14-15,17,21H,8-11H2,(H,18,22)/t14-,15-/m1/s1. The SMILES string of the molecule is O=C(NCc1ccccc1Cn1cccn1)[C@H]1C[C@@H](O)CN1. The van der Waals surface area contributed by atoms with Crippen molar-refractivity contribution < 1.29 is 9.90 Å². The molecule has 0 bridgehead atoms. The van der Waals surface area contributed by atoms with E-state index >= 15 is 0 Å². The lowest BCUT2D eigenvalue weighted by molar-refractivity contribution is -0.123. The average molecular weight is 300 g/mol. The normalized spacial score (nSPS) is 21.0. The number of rotatable bonds is 5. The zero-order valence-electron chi connectivity index (χ0n) is 12.3. The number of hydrogen-bond donors (Lipinski definition) is 3. The Hall–Kier alpha value is -2.18. The highest BCUT2D eigenvalue weighted by Crippen LogP contribution is 2.11. The lowest BCUT2D eigenvalue weighted by Crippen LogP contribution is -2.40. The molecule has 1 aliphatic rings. The first-order chi connectivity index (χ1) is 10.7. The average Bonchev–Trinajstić information content (AvgIpc) is 3.18. The fraction of sp³-hybridized carbons (Fsp3) is 0.375. The van der Waals surface area contributed by atoms with E-state index in [1.54, 1.807) is 6.20 Å². The molecule has 1 fully saturated rings. The van der Waals surface area contributed by atoms with Crippen LogP contribution >= 0.6 is 0 Å². The molecule has 3 N–H and O–H groups in total. The monoisotopic (exact) mass is 300 g/mol. The topological polar surface area (TPSA) is 79.2 Å². The fourth-order valence-electron chi connectivity index (χ4n) is 2.68. The molecule has 1 aromatic heterocycles. The molecule has 1 aromatic carbocycles. The first kappa shape index (κ1) is 14.7. The second-order valence-electron chi connectivity index (χ2n) is 5.54. The van der Waals surface area contributed by atoms with Gasteiger partial charge in [-0.25, -0.2) is 0 Å². The summed E-state index contributed by atoms with van der Waals surface area (Å²) in [6, 6.07) is 9.59. The number of benzene rings is 1. The predicted molar refractivity (Wildman–Crippen MR) is 82.0 cm³/mol. The zero-order valence-corrected chi connectivity index (χ0v) is 12.3. The molecule has 1 saturated heterocycles. The van der Waals surface area contributed by atoms with Gasteiger partial charge in [-0.05, 0) is 23.6 Å². The number of nitrogens with zero attached hydrogens (tertiary/aromatic N) is 2. The van der Waals surface area contributed by atoms with E-state index in [1.165, 1.54) is 0 Å². The number of carbonyl (C=O) groups is 1. The number of carbonyl (C=O) groups excluding carboxylic acids is 1. The molecule has 6 heteroatoms. The van der Waals surface area contributed by atoms with Crippen molar-refractivity contribution in [3.05, 3.63) is 53.9 Å². The van der Waals surface area contributed by atoms with Crippen molar-refractivity contribution in [1.29, 1.82) is 0 Å². The Kier molecular flexibility index (Phi) is 4.50. The molecule has 1 aliphatic heterocycles. The van der Waals surface area contributed by atoms with Crippen LogP contribution < -0.4 is 10.6 Å². The van der Waals surface area contributed by atoms with Crippen LogP contribution in [-0.4, -0.2) is 39.5 Å². The van der Waals surface area contributed by atoms with E-state index in [0.29, 0.717) is 26.1 Å². The van der Waals surface area contributed by atoms with E-state index in [1.807, 2.05) is 41.2 Å². The van der Waals surface area contributed by atoms with Crippen molar-refractivity contribution in [2.24, 2.45) is 0 Å². The van der Waals surface area contributed by atoms with Gasteiger partial charge in [-0.1, -0.05) is 24.3 Å². The molecule has 0 unspecified atom stereocenters. The van der Waals surface area contributed by atoms with Crippen LogP contribution in [0.4, 0.5) is 0 Å². The molecule has 2 heterocycles. The van der Waals surface area contributed by atoms with Gasteiger partial charge in [0.15, 0.2) is 0 Å². The van der Waals surface area contributed by atoms with Crippen molar-refractivity contribution in [3.8, 4) is 0 Å². The van der Waals surface area contributed by atoms with Crippen molar-refractivity contribution in [3.63, 3.8) is 0 Å². The number of β-amino-alcohol motifs (C(OH)–C–C–N with tert-alkyl or cyclic N) is 1. The van der Waals surface area contributed by atoms with Crippen molar-refractivity contribution in [1.82, 2.24) is 20.4 Å². The quantitative estimate of drug-likeness (QED) is 0.740. The Balaban J connectivity index is 1.61. The van der Waals surface area contributed by atoms with Gasteiger partial charge in [-0.2, -0.15) is 5.10 Å². The van der Waals surface area contributed by atoms with Gasteiger partial charge in [0.1, 0.15) is 0 Å². The van der Waals surface area contributed by atoms with Crippen molar-refractivity contribution >= 4 is 5.91 Å². The van der Waals surface area contributed by atoms with Crippen LogP contribution in [0.2, 0.25) is 0 Å². The van der Waals surface area contributed by atoms with Gasteiger partial charge in [0.25, 0.3) is 0 Å². The Morgan fingerprint density at radius 1 is 1.36 bits per heavy atom. The van der Waals surface area contributed by atoms with Crippen LogP contribution in [0, 0.1) is 0 Å². The minimum atomic E-state index is -0.428. The second kappa shape index (κ2) is 6.72. The molecule has 3 rings (SSSR count). The van der Waals surface area contributed by atoms with Crippen molar-refractivity contribution in [2.45, 2.75) is 31.7 Å². The second-order valence-corrected chi connectivity index (χ2v) is 5.54. The molecule has 22 heavy (non-hydrogen) atoms. The maximum absolute atomic E-state index is 12.1. The third-order valence-corrected chi connectivity index (χ3v) is 3.89. The number of aromatic nitrogens is 2. The molecule has 6 nitrogen and oxygen atoms in total. The Labute approximate surface area is 129 Å². The van der Waals surface area contributed by atoms with E-state index in [0.717, 1.165) is 11.1 Å². The summed E-state index contributed by atoms with van der Waals surface area (Å²) in [5.41, 5.74) is 2.20. The highest BCUT2D eigenvalue weighted by Gasteiger charge is 2.27. The van der Waals surface area contributed by atoms with Crippen LogP contribution in [0.5, 0.6) is 0 Å². The van der Waals surface area contributed by atoms with Gasteiger partial charge in [0, 0.05) is 25.5 Å². The summed E-state index contributed by atoms with van der Waals surface area (Å²) < 4.78 is 1.86. The Bertz CT molecular complexity index is 627. The van der Waals surface area contributed by atoms with Gasteiger partial charge in [-0.15, -0.1) is 0 Å². The molecule has 0 spiro atoms. The summed E-state index contributed by atoms with van der Waals surface area (Å²) in [4.78, 5) is 12.1. The molecule has 2 aromatic rings. The van der Waals surface area contributed by atoms with E-state index in [9.17, 15) is 9.90 Å². The summed E-state index contributed by atoms with van der Waals surface area (Å²) in [5, 5.41) is 19.6. The third kappa shape index (κ3) is 3.52. The highest BCUT2D eigenvalue weighted by molar-refractivity contribution is 5.82. The number of aliphatic hydroxyl groups excluding tert-OH is 1. The molecule has 2 atom stereocenters. The summed E-state index contributed by atoms with van der Waals surface area (Å²) in [6.07, 6.45) is 3.71. The van der Waals surface area contributed by atoms with Crippen LogP contribution in [0.1, 0.15) is 17.5 Å². The Morgan fingerprint density at radius 3 is 2.86 bits per heavy atom. The van der Waals surface area contributed by atoms with Gasteiger partial charge in [-0.3, -0.25) is 9.48 Å². The molecule has 116 valence electrons. The van der Waals surface area contributed by atoms with Crippen LogP contribution in [-0.2, 0) is 17.9 Å². The summed E-state index contributed by atoms with van der Waals surface area (Å²) in [5.74, 6) is -0.0644. The largest absolute Gasteiger partial charge is 0.392 e. The number of aliphatic hydroxyl groups is 1. The van der Waals surface area contributed by atoms with E-state index in [-0.39, 0.29) is 11.9 Å². The van der Waals surface area contributed by atoms with Crippen molar-refractivity contribution in [2.75, 3.05) is 6.54 Å². The number of nitrogens with one attached hydrogen (secondary N) is 2. The molecule has 0 radical (unpaired) electrons. The minimum Gasteiger partial charge on any atom is -0.392 e. The number of amides is 1. The van der Waals surface area contributed by atoms with Gasteiger partial charge >= 0.3 is 0 Å². The molecule has 0 aliphatic carbocycles. The maximum Gasteiger partial charge on any atom is 0.237 e. The first-order valence-corrected chi connectivity index (χ1v) is 7.46. The van der Waals surface area contributed by atoms with E-state index < -0.39 is 6.10 Å². The van der Waals surface area contributed by atoms with E-state index in [2.05, 4.69) is 15.7 Å². The lowest BCUT2D eigenvalue weighted by Gasteiger charge is -2.13. The fourth-order valence-corrected chi connectivity index (χ4v) is 2.68. The molecular formula is C16H20N4O2. The first-order valence-electron chi connectivity index (χ1n) is 7.46. The van der Waals surface area contributed by atoms with Gasteiger partial charge < -0.3 is 15.7 Å². The molecule has 0 saturated carbocycles. The van der Waals surface area contributed by atoms with Crippen LogP contribution in [0.15, 0.2) is 42.7 Å². The zero-order chi connectivity index (χ0) is 15.4. The predicted octanol–water partition coefficient (Wildman–Crippen LogP) is 0.270. The lowest BCUT2D eigenvalue weighted by atomic mass is 10.1. The van der Waals surface area contributed by atoms with E-state index in [4.69, 9.17) is 0 Å². The summed E-state index contributed by atoms with van der Waals surface area (Å²) >= 11 is 0.